The van der Waals surface area contributed by atoms with E-state index in [1.807, 2.05) is 35.2 Å². The molecule has 1 aliphatic heterocycles. The molecule has 140 valence electrons. The van der Waals surface area contributed by atoms with Crippen LogP contribution in [0.2, 0.25) is 5.02 Å². The molecule has 0 aliphatic carbocycles. The first-order valence-corrected chi connectivity index (χ1v) is 10.1. The second kappa shape index (κ2) is 8.25. The van der Waals surface area contributed by atoms with E-state index in [9.17, 15) is 4.79 Å². The van der Waals surface area contributed by atoms with Gasteiger partial charge < -0.3 is 9.64 Å². The van der Waals surface area contributed by atoms with Crippen LogP contribution in [0.5, 0.6) is 5.75 Å². The molecule has 2 aromatic carbocycles. The number of ether oxygens (including phenoxy) is 1. The Hall–Kier alpha value is -2.15. The maximum absolute atomic E-state index is 12.4. The molecule has 0 bridgehead atoms. The van der Waals surface area contributed by atoms with E-state index in [1.165, 1.54) is 4.70 Å². The highest BCUT2D eigenvalue weighted by Gasteiger charge is 2.22. The molecule has 0 saturated carbocycles. The van der Waals surface area contributed by atoms with E-state index in [-0.39, 0.29) is 12.5 Å². The van der Waals surface area contributed by atoms with Gasteiger partial charge in [-0.05, 0) is 24.3 Å². The average Bonchev–Trinajstić information content (AvgIpc) is 3.10. The number of halogens is 1. The van der Waals surface area contributed by atoms with E-state index in [1.54, 1.807) is 23.5 Å². The van der Waals surface area contributed by atoms with Crippen molar-refractivity contribution in [2.75, 3.05) is 32.8 Å². The number of para-hydroxylation sites is 2. The van der Waals surface area contributed by atoms with Crippen molar-refractivity contribution < 1.29 is 9.53 Å². The van der Waals surface area contributed by atoms with Gasteiger partial charge in [-0.1, -0.05) is 35.9 Å². The molecule has 1 aromatic heterocycles. The summed E-state index contributed by atoms with van der Waals surface area (Å²) in [5, 5.41) is 1.64. The molecule has 0 N–H and O–H groups in total. The van der Waals surface area contributed by atoms with Crippen LogP contribution in [0.4, 0.5) is 0 Å². The summed E-state index contributed by atoms with van der Waals surface area (Å²) in [5.41, 5.74) is 1.06. The summed E-state index contributed by atoms with van der Waals surface area (Å²) in [5.74, 6) is 0.538. The molecular formula is C20H20ClN3O2S. The number of hydrogen-bond donors (Lipinski definition) is 0. The Bertz CT molecular complexity index is 905. The lowest BCUT2D eigenvalue weighted by atomic mass is 10.3. The van der Waals surface area contributed by atoms with Crippen LogP contribution in [0.25, 0.3) is 10.2 Å². The van der Waals surface area contributed by atoms with Gasteiger partial charge >= 0.3 is 0 Å². The number of aromatic nitrogens is 1. The van der Waals surface area contributed by atoms with Crippen molar-refractivity contribution >= 4 is 39.1 Å². The maximum atomic E-state index is 12.4. The molecule has 0 radical (unpaired) electrons. The SMILES string of the molecule is O=C(COc1ccccc1Cl)N1CCN(Cc2nc3ccccc3s2)CC1. The fraction of sp³-hybridized carbons (Fsp3) is 0.300. The van der Waals surface area contributed by atoms with Crippen molar-refractivity contribution in [3.05, 3.63) is 58.6 Å². The summed E-state index contributed by atoms with van der Waals surface area (Å²) in [7, 11) is 0. The van der Waals surface area contributed by atoms with Crippen LogP contribution in [-0.4, -0.2) is 53.5 Å². The first kappa shape index (κ1) is 18.2. The van der Waals surface area contributed by atoms with Crippen LogP contribution in [0, 0.1) is 0 Å². The second-order valence-corrected chi connectivity index (χ2v) is 7.97. The second-order valence-electron chi connectivity index (χ2n) is 6.45. The number of amides is 1. The molecule has 1 amide bonds. The first-order chi connectivity index (χ1) is 13.2. The zero-order chi connectivity index (χ0) is 18.6. The van der Waals surface area contributed by atoms with Gasteiger partial charge in [0.25, 0.3) is 5.91 Å². The number of thiazole rings is 1. The van der Waals surface area contributed by atoms with Crippen LogP contribution >= 0.6 is 22.9 Å². The summed E-state index contributed by atoms with van der Waals surface area (Å²) < 4.78 is 6.78. The minimum absolute atomic E-state index is 0.00504. The van der Waals surface area contributed by atoms with E-state index in [4.69, 9.17) is 21.3 Å². The number of piperazine rings is 1. The van der Waals surface area contributed by atoms with Crippen molar-refractivity contribution in [1.82, 2.24) is 14.8 Å². The van der Waals surface area contributed by atoms with Gasteiger partial charge in [-0.25, -0.2) is 4.98 Å². The topological polar surface area (TPSA) is 45.7 Å². The molecule has 5 nitrogen and oxygen atoms in total. The predicted molar refractivity (Wildman–Crippen MR) is 108 cm³/mol. The minimum Gasteiger partial charge on any atom is -0.482 e. The van der Waals surface area contributed by atoms with Crippen LogP contribution < -0.4 is 4.74 Å². The third-order valence-electron chi connectivity index (χ3n) is 4.61. The average molecular weight is 402 g/mol. The van der Waals surface area contributed by atoms with Crippen molar-refractivity contribution in [3.8, 4) is 5.75 Å². The van der Waals surface area contributed by atoms with Crippen molar-refractivity contribution in [2.45, 2.75) is 6.54 Å². The smallest absolute Gasteiger partial charge is 0.260 e. The van der Waals surface area contributed by atoms with Gasteiger partial charge in [0.15, 0.2) is 6.61 Å². The minimum atomic E-state index is -0.00504. The van der Waals surface area contributed by atoms with Gasteiger partial charge in [-0.3, -0.25) is 9.69 Å². The Balaban J connectivity index is 1.27. The number of carbonyl (C=O) groups is 1. The largest absolute Gasteiger partial charge is 0.482 e. The molecule has 0 atom stereocenters. The van der Waals surface area contributed by atoms with Gasteiger partial charge in [0.05, 0.1) is 21.8 Å². The standard InChI is InChI=1S/C20H20ClN3O2S/c21-15-5-1-3-7-17(15)26-14-20(25)24-11-9-23(10-12-24)13-19-22-16-6-2-4-8-18(16)27-19/h1-8H,9-14H2. The van der Waals surface area contributed by atoms with E-state index < -0.39 is 0 Å². The fourth-order valence-corrected chi connectivity index (χ4v) is 4.33. The molecule has 3 aromatic rings. The third kappa shape index (κ3) is 4.40. The van der Waals surface area contributed by atoms with Gasteiger partial charge in [-0.15, -0.1) is 11.3 Å². The number of benzene rings is 2. The number of hydrogen-bond acceptors (Lipinski definition) is 5. The van der Waals surface area contributed by atoms with Gasteiger partial charge in [0.2, 0.25) is 0 Å². The Kier molecular flexibility index (Phi) is 5.57. The molecule has 2 heterocycles. The molecule has 4 rings (SSSR count). The lowest BCUT2D eigenvalue weighted by Gasteiger charge is -2.34. The van der Waals surface area contributed by atoms with Crippen molar-refractivity contribution in [2.24, 2.45) is 0 Å². The quantitative estimate of drug-likeness (QED) is 0.654. The summed E-state index contributed by atoms with van der Waals surface area (Å²) in [6, 6.07) is 15.4. The number of rotatable bonds is 5. The van der Waals surface area contributed by atoms with Crippen LogP contribution in [-0.2, 0) is 11.3 Å². The van der Waals surface area contributed by atoms with Crippen molar-refractivity contribution in [1.29, 1.82) is 0 Å². The summed E-state index contributed by atoms with van der Waals surface area (Å²) in [4.78, 5) is 21.3. The molecular weight excluding hydrogens is 382 g/mol. The molecule has 1 saturated heterocycles. The highest BCUT2D eigenvalue weighted by Crippen LogP contribution is 2.24. The Morgan fingerprint density at radius 3 is 2.59 bits per heavy atom. The van der Waals surface area contributed by atoms with Crippen LogP contribution in [0.1, 0.15) is 5.01 Å². The molecule has 27 heavy (non-hydrogen) atoms. The summed E-state index contributed by atoms with van der Waals surface area (Å²) in [6.45, 7) is 3.94. The highest BCUT2D eigenvalue weighted by atomic mass is 35.5. The molecule has 0 spiro atoms. The number of nitrogens with zero attached hydrogens (tertiary/aromatic N) is 3. The lowest BCUT2D eigenvalue weighted by molar-refractivity contribution is -0.135. The Labute approximate surface area is 167 Å². The predicted octanol–water partition coefficient (Wildman–Crippen LogP) is 3.67. The first-order valence-electron chi connectivity index (χ1n) is 8.91. The summed E-state index contributed by atoms with van der Waals surface area (Å²) >= 11 is 7.80. The Morgan fingerprint density at radius 1 is 1.07 bits per heavy atom. The zero-order valence-corrected chi connectivity index (χ0v) is 16.4. The number of fused-ring (bicyclic) bond motifs is 1. The van der Waals surface area contributed by atoms with E-state index >= 15 is 0 Å². The maximum Gasteiger partial charge on any atom is 0.260 e. The van der Waals surface area contributed by atoms with E-state index in [0.717, 1.165) is 30.2 Å². The normalized spacial score (nSPS) is 15.2. The van der Waals surface area contributed by atoms with Crippen LogP contribution in [0.15, 0.2) is 48.5 Å². The molecule has 1 aliphatic rings. The van der Waals surface area contributed by atoms with Gasteiger partial charge in [-0.2, -0.15) is 0 Å². The lowest BCUT2D eigenvalue weighted by Crippen LogP contribution is -2.49. The fourth-order valence-electron chi connectivity index (χ4n) is 3.13. The number of carbonyl (C=O) groups excluding carboxylic acids is 1. The van der Waals surface area contributed by atoms with Gasteiger partial charge in [0, 0.05) is 26.2 Å². The third-order valence-corrected chi connectivity index (χ3v) is 5.94. The highest BCUT2D eigenvalue weighted by molar-refractivity contribution is 7.18. The van der Waals surface area contributed by atoms with Crippen molar-refractivity contribution in [3.63, 3.8) is 0 Å². The van der Waals surface area contributed by atoms with E-state index in [2.05, 4.69) is 11.0 Å². The molecule has 7 heteroatoms. The van der Waals surface area contributed by atoms with Gasteiger partial charge in [0.1, 0.15) is 10.8 Å². The van der Waals surface area contributed by atoms with E-state index in [0.29, 0.717) is 23.9 Å². The molecule has 1 fully saturated rings. The Morgan fingerprint density at radius 2 is 1.81 bits per heavy atom. The monoisotopic (exact) mass is 401 g/mol. The van der Waals surface area contributed by atoms with Crippen LogP contribution in [0.3, 0.4) is 0 Å². The zero-order valence-electron chi connectivity index (χ0n) is 14.8. The summed E-state index contributed by atoms with van der Waals surface area (Å²) in [6.07, 6.45) is 0. The molecule has 0 unspecified atom stereocenters.